The quantitative estimate of drug-likeness (QED) is 0.533. The number of ether oxygens (including phenoxy) is 1. The molecule has 52 valence electrons. The Bertz CT molecular complexity index is 84.9. The summed E-state index contributed by atoms with van der Waals surface area (Å²) in [5, 5.41) is 0. The predicted molar refractivity (Wildman–Crippen MR) is 34.3 cm³/mol. The third-order valence-electron chi connectivity index (χ3n) is 1.63. The smallest absolute Gasteiger partial charge is 0.120 e. The summed E-state index contributed by atoms with van der Waals surface area (Å²) in [6.07, 6.45) is 5.24. The Labute approximate surface area is 55.2 Å². The molecule has 1 rings (SSSR count). The first kappa shape index (κ1) is 6.75. The molecule has 2 nitrogen and oxygen atoms in total. The van der Waals surface area contributed by atoms with Gasteiger partial charge >= 0.3 is 0 Å². The van der Waals surface area contributed by atoms with Gasteiger partial charge in [-0.05, 0) is 19.3 Å². The summed E-state index contributed by atoms with van der Waals surface area (Å²) in [4.78, 5) is 9.91. The number of hydrogen-bond acceptors (Lipinski definition) is 2. The molecule has 0 aromatic carbocycles. The molecule has 0 saturated carbocycles. The maximum Gasteiger partial charge on any atom is 0.120 e. The van der Waals surface area contributed by atoms with Gasteiger partial charge in [0.05, 0.1) is 6.10 Å². The van der Waals surface area contributed by atoms with E-state index in [0.29, 0.717) is 12.5 Å². The van der Waals surface area contributed by atoms with Crippen LogP contribution in [0.2, 0.25) is 0 Å². The Morgan fingerprint density at radius 3 is 3.11 bits per heavy atom. The first-order chi connectivity index (χ1) is 4.43. The minimum absolute atomic E-state index is 0.384. The third kappa shape index (κ3) is 2.14. The fourth-order valence-electron chi connectivity index (χ4n) is 1.13. The van der Waals surface area contributed by atoms with Gasteiger partial charge < -0.3 is 9.53 Å². The van der Waals surface area contributed by atoms with Crippen molar-refractivity contribution in [3.05, 3.63) is 0 Å². The molecule has 1 heterocycles. The van der Waals surface area contributed by atoms with Crippen LogP contribution in [0.3, 0.4) is 0 Å². The molecule has 0 N–H and O–H groups in total. The van der Waals surface area contributed by atoms with Crippen LogP contribution >= 0.6 is 0 Å². The van der Waals surface area contributed by atoms with Crippen LogP contribution in [0.25, 0.3) is 0 Å². The van der Waals surface area contributed by atoms with Crippen molar-refractivity contribution in [3.8, 4) is 0 Å². The van der Waals surface area contributed by atoms with E-state index in [1.165, 1.54) is 6.42 Å². The number of rotatable bonds is 3. The molecule has 0 aromatic rings. The minimum Gasteiger partial charge on any atom is -0.378 e. The van der Waals surface area contributed by atoms with Crippen molar-refractivity contribution in [1.82, 2.24) is 0 Å². The molecule has 0 spiro atoms. The fraction of sp³-hybridized carbons (Fsp3) is 0.857. The lowest BCUT2D eigenvalue weighted by Crippen LogP contribution is -2.03. The van der Waals surface area contributed by atoms with E-state index < -0.39 is 0 Å². The van der Waals surface area contributed by atoms with Crippen LogP contribution in [0.1, 0.15) is 25.7 Å². The Balaban J connectivity index is 2.04. The van der Waals surface area contributed by atoms with Crippen LogP contribution in [-0.2, 0) is 9.53 Å². The second-order valence-corrected chi connectivity index (χ2v) is 2.38. The summed E-state index contributed by atoms with van der Waals surface area (Å²) in [6, 6.07) is 0. The molecule has 1 atom stereocenters. The maximum atomic E-state index is 9.91. The SMILES string of the molecule is O=CCCC1CCCO1. The van der Waals surface area contributed by atoms with Gasteiger partial charge in [0.25, 0.3) is 0 Å². The van der Waals surface area contributed by atoms with Crippen LogP contribution in [-0.4, -0.2) is 19.0 Å². The van der Waals surface area contributed by atoms with Gasteiger partial charge in [-0.1, -0.05) is 0 Å². The van der Waals surface area contributed by atoms with Gasteiger partial charge in [-0.25, -0.2) is 0 Å². The fourth-order valence-corrected chi connectivity index (χ4v) is 1.13. The number of carbonyl (C=O) groups is 1. The van der Waals surface area contributed by atoms with E-state index in [0.717, 1.165) is 25.7 Å². The highest BCUT2D eigenvalue weighted by atomic mass is 16.5. The van der Waals surface area contributed by atoms with Crippen LogP contribution < -0.4 is 0 Å². The van der Waals surface area contributed by atoms with Crippen molar-refractivity contribution in [2.24, 2.45) is 0 Å². The maximum absolute atomic E-state index is 9.91. The first-order valence-corrected chi connectivity index (χ1v) is 3.48. The van der Waals surface area contributed by atoms with Crippen LogP contribution in [0.15, 0.2) is 0 Å². The van der Waals surface area contributed by atoms with Crippen molar-refractivity contribution in [2.45, 2.75) is 31.8 Å². The van der Waals surface area contributed by atoms with E-state index in [9.17, 15) is 4.79 Å². The zero-order chi connectivity index (χ0) is 6.53. The van der Waals surface area contributed by atoms with E-state index in [1.807, 2.05) is 0 Å². The molecule has 1 unspecified atom stereocenters. The summed E-state index contributed by atoms with van der Waals surface area (Å²) in [7, 11) is 0. The normalized spacial score (nSPS) is 26.4. The monoisotopic (exact) mass is 128 g/mol. The summed E-state index contributed by atoms with van der Waals surface area (Å²) in [6.45, 7) is 0.892. The topological polar surface area (TPSA) is 26.3 Å². The Kier molecular flexibility index (Phi) is 2.71. The zero-order valence-electron chi connectivity index (χ0n) is 5.51. The highest BCUT2D eigenvalue weighted by Crippen LogP contribution is 2.15. The van der Waals surface area contributed by atoms with Gasteiger partial charge in [0, 0.05) is 13.0 Å². The Morgan fingerprint density at radius 2 is 2.56 bits per heavy atom. The molecular weight excluding hydrogens is 116 g/mol. The van der Waals surface area contributed by atoms with Crippen LogP contribution in [0.4, 0.5) is 0 Å². The second kappa shape index (κ2) is 3.62. The summed E-state index contributed by atoms with van der Waals surface area (Å²) in [5.41, 5.74) is 0. The van der Waals surface area contributed by atoms with E-state index in [1.54, 1.807) is 0 Å². The van der Waals surface area contributed by atoms with Crippen molar-refractivity contribution in [3.63, 3.8) is 0 Å². The molecule has 0 radical (unpaired) electrons. The minimum atomic E-state index is 0.384. The van der Waals surface area contributed by atoms with E-state index in [2.05, 4.69) is 0 Å². The molecule has 2 heteroatoms. The van der Waals surface area contributed by atoms with Crippen molar-refractivity contribution < 1.29 is 9.53 Å². The summed E-state index contributed by atoms with van der Waals surface area (Å²) >= 11 is 0. The molecule has 1 saturated heterocycles. The van der Waals surface area contributed by atoms with Gasteiger partial charge in [0.15, 0.2) is 0 Å². The zero-order valence-corrected chi connectivity index (χ0v) is 5.51. The van der Waals surface area contributed by atoms with Gasteiger partial charge in [-0.3, -0.25) is 0 Å². The van der Waals surface area contributed by atoms with Gasteiger partial charge in [-0.15, -0.1) is 0 Å². The molecule has 1 aliphatic rings. The molecule has 0 amide bonds. The lowest BCUT2D eigenvalue weighted by Gasteiger charge is -2.04. The molecule has 1 fully saturated rings. The highest BCUT2D eigenvalue weighted by Gasteiger charge is 2.13. The lowest BCUT2D eigenvalue weighted by atomic mass is 10.1. The molecular formula is C7H12O2. The summed E-state index contributed by atoms with van der Waals surface area (Å²) in [5.74, 6) is 0. The number of hydrogen-bond donors (Lipinski definition) is 0. The molecule has 0 aliphatic carbocycles. The third-order valence-corrected chi connectivity index (χ3v) is 1.63. The van der Waals surface area contributed by atoms with Gasteiger partial charge in [-0.2, -0.15) is 0 Å². The second-order valence-electron chi connectivity index (χ2n) is 2.38. The largest absolute Gasteiger partial charge is 0.378 e. The van der Waals surface area contributed by atoms with Crippen LogP contribution in [0.5, 0.6) is 0 Å². The standard InChI is InChI=1S/C7H12O2/c8-5-1-3-7-4-2-6-9-7/h5,7H,1-4,6H2. The van der Waals surface area contributed by atoms with Crippen molar-refractivity contribution in [2.75, 3.05) is 6.61 Å². The lowest BCUT2D eigenvalue weighted by molar-refractivity contribution is -0.108. The molecule has 1 aliphatic heterocycles. The number of aldehydes is 1. The van der Waals surface area contributed by atoms with E-state index >= 15 is 0 Å². The Morgan fingerprint density at radius 1 is 1.67 bits per heavy atom. The van der Waals surface area contributed by atoms with Gasteiger partial charge in [0.2, 0.25) is 0 Å². The average Bonchev–Trinajstić information content (AvgIpc) is 2.34. The average molecular weight is 128 g/mol. The highest BCUT2D eigenvalue weighted by molar-refractivity contribution is 5.49. The Hall–Kier alpha value is -0.370. The number of carbonyl (C=O) groups excluding carboxylic acids is 1. The van der Waals surface area contributed by atoms with E-state index in [4.69, 9.17) is 4.74 Å². The molecule has 0 aromatic heterocycles. The van der Waals surface area contributed by atoms with E-state index in [-0.39, 0.29) is 0 Å². The van der Waals surface area contributed by atoms with Crippen molar-refractivity contribution >= 4 is 6.29 Å². The first-order valence-electron chi connectivity index (χ1n) is 3.48. The van der Waals surface area contributed by atoms with Gasteiger partial charge in [0.1, 0.15) is 6.29 Å². The molecule has 0 bridgehead atoms. The molecule has 9 heavy (non-hydrogen) atoms. The summed E-state index contributed by atoms with van der Waals surface area (Å²) < 4.78 is 5.30. The van der Waals surface area contributed by atoms with Crippen LogP contribution in [0, 0.1) is 0 Å². The predicted octanol–water partition coefficient (Wildman–Crippen LogP) is 1.14. The van der Waals surface area contributed by atoms with Crippen molar-refractivity contribution in [1.29, 1.82) is 0 Å².